The van der Waals surface area contributed by atoms with E-state index in [-0.39, 0.29) is 0 Å². The van der Waals surface area contributed by atoms with Crippen LogP contribution in [0.2, 0.25) is 0 Å². The van der Waals surface area contributed by atoms with Crippen LogP contribution in [0.5, 0.6) is 0 Å². The van der Waals surface area contributed by atoms with Crippen molar-refractivity contribution in [1.29, 1.82) is 0 Å². The topological polar surface area (TPSA) is 24.5 Å². The maximum atomic E-state index is 5.33. The lowest BCUT2D eigenvalue weighted by atomic mass is 10.0. The Balaban J connectivity index is 2.03. The van der Waals surface area contributed by atoms with Gasteiger partial charge >= 0.3 is 0 Å². The highest BCUT2D eigenvalue weighted by atomic mass is 16.5. The molecule has 0 amide bonds. The van der Waals surface area contributed by atoms with Crippen molar-refractivity contribution in [3.8, 4) is 0 Å². The third kappa shape index (κ3) is 5.83. The van der Waals surface area contributed by atoms with Crippen LogP contribution in [0.15, 0.2) is 0 Å². The number of nitrogens with one attached hydrogen (secondary N) is 1. The summed E-state index contributed by atoms with van der Waals surface area (Å²) in [6.45, 7) is 13.1. The highest BCUT2D eigenvalue weighted by Gasteiger charge is 2.18. The van der Waals surface area contributed by atoms with Gasteiger partial charge in [0.25, 0.3) is 0 Å². The molecular formula is C13H28N2O. The van der Waals surface area contributed by atoms with Crippen LogP contribution < -0.4 is 5.32 Å². The molecule has 16 heavy (non-hydrogen) atoms. The summed E-state index contributed by atoms with van der Waals surface area (Å²) in [5.74, 6) is 0.794. The number of rotatable bonds is 7. The SMILES string of the molecule is CCOCCNC1CCN(CC(C)C)CC1. The molecule has 0 aromatic rings. The maximum Gasteiger partial charge on any atom is 0.0590 e. The minimum atomic E-state index is 0.712. The molecule has 0 radical (unpaired) electrons. The van der Waals surface area contributed by atoms with Gasteiger partial charge in [-0.05, 0) is 38.8 Å². The van der Waals surface area contributed by atoms with E-state index in [9.17, 15) is 0 Å². The fourth-order valence-electron chi connectivity index (χ4n) is 2.32. The van der Waals surface area contributed by atoms with Crippen LogP contribution in [0, 0.1) is 5.92 Å². The monoisotopic (exact) mass is 228 g/mol. The van der Waals surface area contributed by atoms with Crippen molar-refractivity contribution in [2.45, 2.75) is 39.7 Å². The van der Waals surface area contributed by atoms with Gasteiger partial charge in [-0.1, -0.05) is 13.8 Å². The summed E-state index contributed by atoms with van der Waals surface area (Å²) < 4.78 is 5.33. The summed E-state index contributed by atoms with van der Waals surface area (Å²) in [6, 6.07) is 0.712. The summed E-state index contributed by atoms with van der Waals surface area (Å²) in [4.78, 5) is 2.59. The van der Waals surface area contributed by atoms with Gasteiger partial charge in [0, 0.05) is 25.7 Å². The van der Waals surface area contributed by atoms with Crippen molar-refractivity contribution in [3.63, 3.8) is 0 Å². The summed E-state index contributed by atoms with van der Waals surface area (Å²) in [7, 11) is 0. The first-order valence-electron chi connectivity index (χ1n) is 6.75. The Morgan fingerprint density at radius 1 is 1.31 bits per heavy atom. The van der Waals surface area contributed by atoms with Gasteiger partial charge in [0.05, 0.1) is 6.61 Å². The quantitative estimate of drug-likeness (QED) is 0.672. The van der Waals surface area contributed by atoms with Crippen molar-refractivity contribution in [2.75, 3.05) is 39.4 Å². The molecular weight excluding hydrogens is 200 g/mol. The van der Waals surface area contributed by atoms with Crippen LogP contribution in [0.25, 0.3) is 0 Å². The molecule has 0 aliphatic carbocycles. The largest absolute Gasteiger partial charge is 0.380 e. The molecule has 3 nitrogen and oxygen atoms in total. The van der Waals surface area contributed by atoms with E-state index in [0.29, 0.717) is 6.04 Å². The van der Waals surface area contributed by atoms with E-state index in [0.717, 1.165) is 25.7 Å². The molecule has 1 heterocycles. The maximum absolute atomic E-state index is 5.33. The molecule has 0 bridgehead atoms. The van der Waals surface area contributed by atoms with Gasteiger partial charge in [-0.25, -0.2) is 0 Å². The average Bonchev–Trinajstić information content (AvgIpc) is 2.26. The summed E-state index contributed by atoms with van der Waals surface area (Å²) in [5.41, 5.74) is 0. The normalized spacial score (nSPS) is 19.5. The Kier molecular flexibility index (Phi) is 7.01. The van der Waals surface area contributed by atoms with Crippen molar-refractivity contribution in [1.82, 2.24) is 10.2 Å². The smallest absolute Gasteiger partial charge is 0.0590 e. The molecule has 0 aromatic heterocycles. The molecule has 1 aliphatic rings. The van der Waals surface area contributed by atoms with E-state index in [2.05, 4.69) is 24.1 Å². The van der Waals surface area contributed by atoms with Gasteiger partial charge in [0.2, 0.25) is 0 Å². The first-order chi connectivity index (χ1) is 7.72. The lowest BCUT2D eigenvalue weighted by Crippen LogP contribution is -2.44. The molecule has 1 saturated heterocycles. The number of nitrogens with zero attached hydrogens (tertiary/aromatic N) is 1. The van der Waals surface area contributed by atoms with Crippen LogP contribution in [-0.2, 0) is 4.74 Å². The third-order valence-electron chi connectivity index (χ3n) is 3.09. The molecule has 0 spiro atoms. The zero-order valence-electron chi connectivity index (χ0n) is 11.2. The minimum absolute atomic E-state index is 0.712. The van der Waals surface area contributed by atoms with E-state index in [1.807, 2.05) is 6.92 Å². The van der Waals surface area contributed by atoms with Gasteiger partial charge in [0.15, 0.2) is 0 Å². The van der Waals surface area contributed by atoms with Crippen LogP contribution in [0.4, 0.5) is 0 Å². The van der Waals surface area contributed by atoms with Gasteiger partial charge in [0.1, 0.15) is 0 Å². The van der Waals surface area contributed by atoms with E-state index >= 15 is 0 Å². The number of likely N-dealkylation sites (tertiary alicyclic amines) is 1. The fourth-order valence-corrected chi connectivity index (χ4v) is 2.32. The van der Waals surface area contributed by atoms with E-state index in [1.54, 1.807) is 0 Å². The first-order valence-corrected chi connectivity index (χ1v) is 6.75. The second-order valence-corrected chi connectivity index (χ2v) is 5.12. The third-order valence-corrected chi connectivity index (χ3v) is 3.09. The zero-order chi connectivity index (χ0) is 11.8. The highest BCUT2D eigenvalue weighted by molar-refractivity contribution is 4.77. The standard InChI is InChI=1S/C13H28N2O/c1-4-16-10-7-14-13-5-8-15(9-6-13)11-12(2)3/h12-14H,4-11H2,1-3H3. The molecule has 3 heteroatoms. The molecule has 96 valence electrons. The van der Waals surface area contributed by atoms with Gasteiger partial charge in [-0.2, -0.15) is 0 Å². The Hall–Kier alpha value is -0.120. The van der Waals surface area contributed by atoms with Crippen LogP contribution in [-0.4, -0.2) is 50.3 Å². The van der Waals surface area contributed by atoms with Gasteiger partial charge < -0.3 is 15.0 Å². The number of hydrogen-bond donors (Lipinski definition) is 1. The Morgan fingerprint density at radius 2 is 2.00 bits per heavy atom. The molecule has 0 aromatic carbocycles. The van der Waals surface area contributed by atoms with E-state index in [1.165, 1.54) is 32.5 Å². The molecule has 1 fully saturated rings. The second-order valence-electron chi connectivity index (χ2n) is 5.12. The Labute approximate surface area is 101 Å². The fraction of sp³-hybridized carbons (Fsp3) is 1.00. The van der Waals surface area contributed by atoms with Crippen LogP contribution in [0.3, 0.4) is 0 Å². The minimum Gasteiger partial charge on any atom is -0.380 e. The predicted octanol–water partition coefficient (Wildman–Crippen LogP) is 1.73. The summed E-state index contributed by atoms with van der Waals surface area (Å²) in [5, 5.41) is 3.58. The highest BCUT2D eigenvalue weighted by Crippen LogP contribution is 2.11. The van der Waals surface area contributed by atoms with Crippen LogP contribution >= 0.6 is 0 Å². The lowest BCUT2D eigenvalue weighted by Gasteiger charge is -2.33. The van der Waals surface area contributed by atoms with E-state index in [4.69, 9.17) is 4.74 Å². The Morgan fingerprint density at radius 3 is 2.56 bits per heavy atom. The van der Waals surface area contributed by atoms with Gasteiger partial charge in [-0.3, -0.25) is 0 Å². The molecule has 0 atom stereocenters. The lowest BCUT2D eigenvalue weighted by molar-refractivity contribution is 0.137. The van der Waals surface area contributed by atoms with Crippen molar-refractivity contribution < 1.29 is 4.74 Å². The first kappa shape index (κ1) is 13.9. The van der Waals surface area contributed by atoms with Crippen molar-refractivity contribution in [2.24, 2.45) is 5.92 Å². The summed E-state index contributed by atoms with van der Waals surface area (Å²) >= 11 is 0. The molecule has 1 rings (SSSR count). The van der Waals surface area contributed by atoms with Crippen LogP contribution in [0.1, 0.15) is 33.6 Å². The number of piperidine rings is 1. The number of hydrogen-bond acceptors (Lipinski definition) is 3. The second kappa shape index (κ2) is 8.04. The van der Waals surface area contributed by atoms with E-state index < -0.39 is 0 Å². The number of ether oxygens (including phenoxy) is 1. The molecule has 0 saturated carbocycles. The average molecular weight is 228 g/mol. The zero-order valence-corrected chi connectivity index (χ0v) is 11.2. The predicted molar refractivity (Wildman–Crippen MR) is 68.8 cm³/mol. The van der Waals surface area contributed by atoms with Crippen molar-refractivity contribution in [3.05, 3.63) is 0 Å². The summed E-state index contributed by atoms with van der Waals surface area (Å²) in [6.07, 6.45) is 2.58. The van der Waals surface area contributed by atoms with Gasteiger partial charge in [-0.15, -0.1) is 0 Å². The Bertz CT molecular complexity index is 165. The molecule has 0 unspecified atom stereocenters. The van der Waals surface area contributed by atoms with Crippen molar-refractivity contribution >= 4 is 0 Å². The molecule has 1 aliphatic heterocycles. The molecule has 1 N–H and O–H groups in total.